The summed E-state index contributed by atoms with van der Waals surface area (Å²) < 4.78 is 23.2. The second kappa shape index (κ2) is 5.12. The highest BCUT2D eigenvalue weighted by Crippen LogP contribution is 2.31. The van der Waals surface area contributed by atoms with Crippen LogP contribution in [0.1, 0.15) is 18.0 Å². The van der Waals surface area contributed by atoms with E-state index in [0.717, 1.165) is 16.5 Å². The van der Waals surface area contributed by atoms with Gasteiger partial charge >= 0.3 is 0 Å². The molecule has 2 atom stereocenters. The second-order valence-corrected chi connectivity index (χ2v) is 7.49. The van der Waals surface area contributed by atoms with Crippen molar-refractivity contribution in [3.8, 4) is 0 Å². The molecule has 6 heteroatoms. The molecule has 1 aliphatic rings. The average Bonchev–Trinajstić information content (AvgIpc) is 2.80. The Bertz CT molecular complexity index is 730. The van der Waals surface area contributed by atoms with Crippen molar-refractivity contribution < 1.29 is 8.42 Å². The van der Waals surface area contributed by atoms with Crippen LogP contribution in [-0.4, -0.2) is 24.9 Å². The van der Waals surface area contributed by atoms with Crippen LogP contribution in [0.4, 0.5) is 0 Å². The largest absolute Gasteiger partial charge is 0.271 e. The van der Waals surface area contributed by atoms with Crippen molar-refractivity contribution in [2.24, 2.45) is 11.8 Å². The van der Waals surface area contributed by atoms with Crippen molar-refractivity contribution >= 4 is 20.7 Å². The molecule has 5 nitrogen and oxygen atoms in total. The van der Waals surface area contributed by atoms with Crippen LogP contribution in [0.5, 0.6) is 0 Å². The molecule has 3 rings (SSSR count). The lowest BCUT2D eigenvalue weighted by Gasteiger charge is -2.22. The summed E-state index contributed by atoms with van der Waals surface area (Å²) in [7, 11) is -2.91. The Kier molecular flexibility index (Phi) is 3.45. The molecule has 3 N–H and O–H groups in total. The molecule has 1 fully saturated rings. The van der Waals surface area contributed by atoms with Gasteiger partial charge in [-0.25, -0.2) is 8.42 Å². The molecule has 1 saturated heterocycles. The molecule has 1 aromatic heterocycles. The minimum atomic E-state index is -2.91. The average molecular weight is 291 g/mol. The van der Waals surface area contributed by atoms with E-state index < -0.39 is 9.84 Å². The van der Waals surface area contributed by atoms with E-state index in [1.807, 2.05) is 30.3 Å². The molecule has 0 saturated carbocycles. The summed E-state index contributed by atoms with van der Waals surface area (Å²) in [5, 5.41) is 1.06. The van der Waals surface area contributed by atoms with Gasteiger partial charge in [-0.2, -0.15) is 0 Å². The van der Waals surface area contributed by atoms with Crippen molar-refractivity contribution in [2.45, 2.75) is 12.5 Å². The zero-order valence-electron chi connectivity index (χ0n) is 11.0. The molecule has 0 spiro atoms. The first kappa shape index (κ1) is 13.5. The SMILES string of the molecule is NNC(c1ccc2cccnc2c1)C1CCS(=O)(=O)C1. The summed E-state index contributed by atoms with van der Waals surface area (Å²) in [6.07, 6.45) is 2.40. The normalized spacial score (nSPS) is 22.9. The third-order valence-electron chi connectivity index (χ3n) is 3.91. The quantitative estimate of drug-likeness (QED) is 0.655. The van der Waals surface area contributed by atoms with Gasteiger partial charge in [0.05, 0.1) is 17.0 Å². The zero-order valence-corrected chi connectivity index (χ0v) is 11.8. The van der Waals surface area contributed by atoms with Gasteiger partial charge < -0.3 is 0 Å². The van der Waals surface area contributed by atoms with E-state index >= 15 is 0 Å². The Balaban J connectivity index is 1.95. The van der Waals surface area contributed by atoms with Crippen LogP contribution in [0.15, 0.2) is 36.5 Å². The maximum atomic E-state index is 11.6. The van der Waals surface area contributed by atoms with Crippen molar-refractivity contribution in [3.63, 3.8) is 0 Å². The lowest BCUT2D eigenvalue weighted by molar-refractivity contribution is 0.400. The smallest absolute Gasteiger partial charge is 0.150 e. The van der Waals surface area contributed by atoms with E-state index in [-0.39, 0.29) is 23.5 Å². The van der Waals surface area contributed by atoms with E-state index in [0.29, 0.717) is 6.42 Å². The Hall–Kier alpha value is -1.50. The van der Waals surface area contributed by atoms with Gasteiger partial charge in [-0.1, -0.05) is 18.2 Å². The molecule has 2 aromatic rings. The maximum Gasteiger partial charge on any atom is 0.150 e. The highest BCUT2D eigenvalue weighted by Gasteiger charge is 2.34. The highest BCUT2D eigenvalue weighted by molar-refractivity contribution is 7.91. The number of nitrogens with two attached hydrogens (primary N) is 1. The van der Waals surface area contributed by atoms with E-state index in [9.17, 15) is 8.42 Å². The lowest BCUT2D eigenvalue weighted by Crippen LogP contribution is -2.34. The number of rotatable bonds is 3. The summed E-state index contributed by atoms with van der Waals surface area (Å²) in [5.41, 5.74) is 4.65. The third kappa shape index (κ3) is 2.54. The van der Waals surface area contributed by atoms with Gasteiger partial charge in [0.1, 0.15) is 0 Å². The maximum absolute atomic E-state index is 11.6. The number of hydrazine groups is 1. The Labute approximate surface area is 118 Å². The molecular weight excluding hydrogens is 274 g/mol. The fraction of sp³-hybridized carbons (Fsp3) is 0.357. The minimum Gasteiger partial charge on any atom is -0.271 e. The van der Waals surface area contributed by atoms with E-state index in [1.165, 1.54) is 0 Å². The molecule has 2 heterocycles. The number of nitrogens with zero attached hydrogens (tertiary/aromatic N) is 1. The van der Waals surface area contributed by atoms with Gasteiger partial charge in [-0.3, -0.25) is 16.3 Å². The van der Waals surface area contributed by atoms with Crippen molar-refractivity contribution in [3.05, 3.63) is 42.1 Å². The first-order valence-electron chi connectivity index (χ1n) is 6.60. The van der Waals surface area contributed by atoms with Gasteiger partial charge in [0.2, 0.25) is 0 Å². The van der Waals surface area contributed by atoms with Crippen LogP contribution in [0.3, 0.4) is 0 Å². The second-order valence-electron chi connectivity index (χ2n) is 5.26. The predicted molar refractivity (Wildman–Crippen MR) is 78.6 cm³/mol. The van der Waals surface area contributed by atoms with Gasteiger partial charge in [0.25, 0.3) is 0 Å². The first-order chi connectivity index (χ1) is 9.59. The van der Waals surface area contributed by atoms with Crippen LogP contribution in [0, 0.1) is 5.92 Å². The van der Waals surface area contributed by atoms with Crippen LogP contribution >= 0.6 is 0 Å². The van der Waals surface area contributed by atoms with Crippen LogP contribution in [0.2, 0.25) is 0 Å². The van der Waals surface area contributed by atoms with E-state index in [2.05, 4.69) is 10.4 Å². The Morgan fingerprint density at radius 1 is 1.35 bits per heavy atom. The standard InChI is InChI=1S/C14H17N3O2S/c15-17-14(12-5-7-20(18,19)9-12)11-4-3-10-2-1-6-16-13(10)8-11/h1-4,6,8,12,14,17H,5,7,9,15H2. The number of fused-ring (bicyclic) bond motifs is 1. The number of hydrogen-bond donors (Lipinski definition) is 2. The Morgan fingerprint density at radius 2 is 2.20 bits per heavy atom. The molecular formula is C14H17N3O2S. The molecule has 20 heavy (non-hydrogen) atoms. The van der Waals surface area contributed by atoms with Crippen molar-refractivity contribution in [1.29, 1.82) is 0 Å². The number of nitrogens with one attached hydrogen (secondary N) is 1. The number of benzene rings is 1. The lowest BCUT2D eigenvalue weighted by atomic mass is 9.92. The Morgan fingerprint density at radius 3 is 2.90 bits per heavy atom. The predicted octanol–water partition coefficient (Wildman–Crippen LogP) is 1.17. The molecule has 0 aliphatic carbocycles. The van der Waals surface area contributed by atoms with Crippen molar-refractivity contribution in [1.82, 2.24) is 10.4 Å². The summed E-state index contributed by atoms with van der Waals surface area (Å²) >= 11 is 0. The summed E-state index contributed by atoms with van der Waals surface area (Å²) in [6, 6.07) is 9.69. The molecule has 0 radical (unpaired) electrons. The monoisotopic (exact) mass is 291 g/mol. The van der Waals surface area contributed by atoms with Crippen LogP contribution in [0.25, 0.3) is 10.9 Å². The van der Waals surface area contributed by atoms with Crippen molar-refractivity contribution in [2.75, 3.05) is 11.5 Å². The molecule has 1 aromatic carbocycles. The third-order valence-corrected chi connectivity index (χ3v) is 5.70. The topological polar surface area (TPSA) is 85.1 Å². The molecule has 2 unspecified atom stereocenters. The highest BCUT2D eigenvalue weighted by atomic mass is 32.2. The summed E-state index contributed by atoms with van der Waals surface area (Å²) in [4.78, 5) is 4.33. The fourth-order valence-electron chi connectivity index (χ4n) is 2.87. The van der Waals surface area contributed by atoms with Gasteiger partial charge in [0, 0.05) is 17.6 Å². The van der Waals surface area contributed by atoms with Gasteiger partial charge in [-0.15, -0.1) is 0 Å². The number of hydrogen-bond acceptors (Lipinski definition) is 5. The van der Waals surface area contributed by atoms with Crippen LogP contribution in [-0.2, 0) is 9.84 Å². The van der Waals surface area contributed by atoms with Gasteiger partial charge in [0.15, 0.2) is 9.84 Å². The summed E-state index contributed by atoms with van der Waals surface area (Å²) in [5.74, 6) is 6.12. The molecule has 1 aliphatic heterocycles. The molecule has 106 valence electrons. The minimum absolute atomic E-state index is 0.0196. The van der Waals surface area contributed by atoms with Crippen LogP contribution < -0.4 is 11.3 Å². The number of sulfone groups is 1. The van der Waals surface area contributed by atoms with E-state index in [4.69, 9.17) is 5.84 Å². The molecule has 0 amide bonds. The first-order valence-corrected chi connectivity index (χ1v) is 8.42. The summed E-state index contributed by atoms with van der Waals surface area (Å²) in [6.45, 7) is 0. The zero-order chi connectivity index (χ0) is 14.2. The number of pyridine rings is 1. The van der Waals surface area contributed by atoms with Gasteiger partial charge in [-0.05, 0) is 30.0 Å². The molecule has 0 bridgehead atoms. The van der Waals surface area contributed by atoms with E-state index in [1.54, 1.807) is 6.20 Å². The fourth-order valence-corrected chi connectivity index (χ4v) is 4.71. The number of aromatic nitrogens is 1.